The van der Waals surface area contributed by atoms with Crippen LogP contribution in [0.3, 0.4) is 0 Å². The normalized spacial score (nSPS) is 14.5. The van der Waals surface area contributed by atoms with Gasteiger partial charge in [-0.25, -0.2) is 0 Å². The van der Waals surface area contributed by atoms with Crippen molar-refractivity contribution < 1.29 is 9.53 Å². The number of benzene rings is 1. The Morgan fingerprint density at radius 1 is 0.939 bits per heavy atom. The molecule has 0 amide bonds. The molecule has 0 spiro atoms. The molecule has 1 atom stereocenters. The Balaban J connectivity index is 3.34. The predicted molar refractivity (Wildman–Crippen MR) is 152 cm³/mol. The molecule has 0 fully saturated rings. The number of hydrogen-bond donors (Lipinski definition) is 1. The van der Waals surface area contributed by atoms with E-state index in [2.05, 4.69) is 72.8 Å². The van der Waals surface area contributed by atoms with Crippen LogP contribution in [0.4, 0.5) is 0 Å². The molecule has 190 valence electrons. The zero-order valence-corrected chi connectivity index (χ0v) is 27.0. The Bertz CT molecular complexity index is 657. The first-order valence-corrected chi connectivity index (χ1v) is 24.0. The van der Waals surface area contributed by atoms with Gasteiger partial charge >= 0.3 is 212 Å². The van der Waals surface area contributed by atoms with Crippen molar-refractivity contribution in [2.45, 2.75) is 124 Å². The Kier molecular flexibility index (Phi) is 14.2. The summed E-state index contributed by atoms with van der Waals surface area (Å²) in [6.07, 6.45) is 10.6. The second-order valence-electron chi connectivity index (χ2n) is 11.5. The fourth-order valence-corrected chi connectivity index (χ4v) is 22.5. The molecule has 1 unspecified atom stereocenters. The van der Waals surface area contributed by atoms with Gasteiger partial charge in [-0.3, -0.25) is 0 Å². The van der Waals surface area contributed by atoms with E-state index in [4.69, 9.17) is 4.43 Å². The molecule has 0 aliphatic rings. The van der Waals surface area contributed by atoms with E-state index in [1.54, 1.807) is 3.59 Å². The van der Waals surface area contributed by atoms with E-state index in [1.165, 1.54) is 51.8 Å². The second kappa shape index (κ2) is 15.1. The van der Waals surface area contributed by atoms with Gasteiger partial charge in [0.05, 0.1) is 0 Å². The molecule has 0 bridgehead atoms. The molecule has 0 radical (unpaired) electrons. The fourth-order valence-electron chi connectivity index (χ4n) is 4.50. The topological polar surface area (TPSA) is 29.5 Å². The Morgan fingerprint density at radius 2 is 1.42 bits per heavy atom. The van der Waals surface area contributed by atoms with Crippen molar-refractivity contribution in [3.8, 4) is 0 Å². The average Bonchev–Trinajstić information content (AvgIpc) is 2.78. The zero-order valence-electron chi connectivity index (χ0n) is 23.2. The van der Waals surface area contributed by atoms with Gasteiger partial charge in [-0.1, -0.05) is 0 Å². The number of hydrogen-bond acceptors (Lipinski definition) is 2. The summed E-state index contributed by atoms with van der Waals surface area (Å²) in [7, 11) is -1.78. The van der Waals surface area contributed by atoms with E-state index in [0.29, 0.717) is 0 Å². The molecule has 1 rings (SSSR count). The van der Waals surface area contributed by atoms with Crippen LogP contribution < -0.4 is 0 Å². The van der Waals surface area contributed by atoms with Gasteiger partial charge in [-0.2, -0.15) is 0 Å². The molecule has 33 heavy (non-hydrogen) atoms. The molecule has 4 heteroatoms. The van der Waals surface area contributed by atoms with Gasteiger partial charge in [0.2, 0.25) is 0 Å². The van der Waals surface area contributed by atoms with Gasteiger partial charge < -0.3 is 0 Å². The van der Waals surface area contributed by atoms with Crippen LogP contribution in [0.5, 0.6) is 0 Å². The SMILES string of the molecule is CCC[CH2][Sn]([CH2]CCC)([CH2]CCC)/[C](=C/C(O)c1ccccc1)CCO[Si](C)(C)C(C)(C)C. The summed E-state index contributed by atoms with van der Waals surface area (Å²) in [5.41, 5.74) is 1.02. The standard InChI is InChI=1S/C17H27O2Si.3C4H9.Sn/c1-17(2,3)20(4,5)19-14-10-9-13-16(18)15-11-7-6-8-12-15;3*1-3-4-2;/h6-8,11-13,16,18H,10,14H2,1-5H3;3*1,3-4H2,2H3;. The van der Waals surface area contributed by atoms with Crippen molar-refractivity contribution in [1.29, 1.82) is 0 Å². The number of unbranched alkanes of at least 4 members (excludes halogenated alkanes) is 3. The summed E-state index contributed by atoms with van der Waals surface area (Å²) in [5.74, 6) is 0. The molecule has 0 saturated carbocycles. The van der Waals surface area contributed by atoms with Gasteiger partial charge in [0.15, 0.2) is 0 Å². The van der Waals surface area contributed by atoms with Crippen molar-refractivity contribution in [3.05, 3.63) is 45.6 Å². The third kappa shape index (κ3) is 10.2. The van der Waals surface area contributed by atoms with Crippen molar-refractivity contribution in [2.24, 2.45) is 0 Å². The summed E-state index contributed by atoms with van der Waals surface area (Å²) in [6, 6.07) is 10.2. The summed E-state index contributed by atoms with van der Waals surface area (Å²) >= 11 is -2.64. The van der Waals surface area contributed by atoms with Crippen LogP contribution in [0, 0.1) is 0 Å². The van der Waals surface area contributed by atoms with Gasteiger partial charge in [-0.05, 0) is 0 Å². The number of aliphatic hydroxyl groups is 1. The molecule has 0 aliphatic heterocycles. The molecule has 1 N–H and O–H groups in total. The molecule has 2 nitrogen and oxygen atoms in total. The molecule has 1 aromatic rings. The summed E-state index contributed by atoms with van der Waals surface area (Å²) < 4.78 is 12.6. The Hall–Kier alpha value is -0.104. The first-order valence-electron chi connectivity index (χ1n) is 13.6. The van der Waals surface area contributed by atoms with E-state index >= 15 is 0 Å². The van der Waals surface area contributed by atoms with Crippen LogP contribution in [-0.2, 0) is 4.43 Å². The van der Waals surface area contributed by atoms with Crippen LogP contribution in [0.25, 0.3) is 0 Å². The molecular weight excluding hydrogens is 527 g/mol. The van der Waals surface area contributed by atoms with Crippen LogP contribution in [0.2, 0.25) is 31.4 Å². The maximum absolute atomic E-state index is 11.2. The minimum atomic E-state index is -2.64. The average molecular weight is 582 g/mol. The Labute approximate surface area is 211 Å². The van der Waals surface area contributed by atoms with E-state index in [0.717, 1.165) is 18.6 Å². The van der Waals surface area contributed by atoms with Crippen molar-refractivity contribution >= 4 is 26.7 Å². The maximum atomic E-state index is 11.2. The fraction of sp³-hybridized carbons (Fsp3) is 0.724. The predicted octanol–water partition coefficient (Wildman–Crippen LogP) is 9.45. The quantitative estimate of drug-likeness (QED) is 0.197. The van der Waals surface area contributed by atoms with E-state index in [1.807, 2.05) is 18.2 Å². The molecule has 0 saturated heterocycles. The first-order chi connectivity index (χ1) is 15.5. The number of aliphatic hydroxyl groups excluding tert-OH is 1. The number of rotatable bonds is 16. The zero-order chi connectivity index (χ0) is 25.0. The molecule has 0 aromatic heterocycles. The van der Waals surface area contributed by atoms with Gasteiger partial charge in [0.1, 0.15) is 0 Å². The minimum absolute atomic E-state index is 0.230. The van der Waals surface area contributed by atoms with Gasteiger partial charge in [0.25, 0.3) is 0 Å². The van der Waals surface area contributed by atoms with Gasteiger partial charge in [-0.15, -0.1) is 0 Å². The van der Waals surface area contributed by atoms with Crippen molar-refractivity contribution in [2.75, 3.05) is 6.61 Å². The molecule has 0 heterocycles. The van der Waals surface area contributed by atoms with Crippen molar-refractivity contribution in [1.82, 2.24) is 0 Å². The molecule has 1 aromatic carbocycles. The molecule has 0 aliphatic carbocycles. The Morgan fingerprint density at radius 3 is 1.85 bits per heavy atom. The monoisotopic (exact) mass is 582 g/mol. The van der Waals surface area contributed by atoms with E-state index in [9.17, 15) is 5.11 Å². The summed E-state index contributed by atoms with van der Waals surface area (Å²) in [4.78, 5) is 0. The third-order valence-electron chi connectivity index (χ3n) is 7.85. The van der Waals surface area contributed by atoms with Crippen LogP contribution in [-0.4, -0.2) is 38.4 Å². The summed E-state index contributed by atoms with van der Waals surface area (Å²) in [5, 5.41) is 11.5. The van der Waals surface area contributed by atoms with Gasteiger partial charge in [0, 0.05) is 0 Å². The van der Waals surface area contributed by atoms with E-state index < -0.39 is 32.8 Å². The van der Waals surface area contributed by atoms with E-state index in [-0.39, 0.29) is 5.04 Å². The van der Waals surface area contributed by atoms with Crippen LogP contribution in [0.1, 0.15) is 98.2 Å². The first kappa shape index (κ1) is 30.9. The molecular formula is C29H54O2SiSn. The van der Waals surface area contributed by atoms with Crippen LogP contribution >= 0.6 is 0 Å². The van der Waals surface area contributed by atoms with Crippen LogP contribution in [0.15, 0.2) is 40.0 Å². The summed E-state index contributed by atoms with van der Waals surface area (Å²) in [6.45, 7) is 19.5. The van der Waals surface area contributed by atoms with Crippen molar-refractivity contribution in [3.63, 3.8) is 0 Å². The second-order valence-corrected chi connectivity index (χ2v) is 29.7. The third-order valence-corrected chi connectivity index (χ3v) is 28.7.